The first-order valence-corrected chi connectivity index (χ1v) is 6.75. The summed E-state index contributed by atoms with van der Waals surface area (Å²) in [5.74, 6) is 0.508. The van der Waals surface area contributed by atoms with Crippen LogP contribution < -0.4 is 5.32 Å². The summed E-state index contributed by atoms with van der Waals surface area (Å²) >= 11 is 0. The number of fused-ring (bicyclic) bond motifs is 1. The number of H-pyrrole nitrogens is 2. The quantitative estimate of drug-likeness (QED) is 0.664. The normalized spacial score (nSPS) is 12.7. The smallest absolute Gasteiger partial charge is 0.134 e. The first kappa shape index (κ1) is 12.7. The summed E-state index contributed by atoms with van der Waals surface area (Å²) in [6.07, 6.45) is 6.58. The number of anilines is 1. The van der Waals surface area contributed by atoms with Crippen molar-refractivity contribution in [3.8, 4) is 0 Å². The second kappa shape index (κ2) is 5.32. The topological polar surface area (TPSA) is 82.3 Å². The van der Waals surface area contributed by atoms with Crippen molar-refractivity contribution in [3.05, 3.63) is 35.9 Å². The zero-order valence-corrected chi connectivity index (χ0v) is 11.6. The lowest BCUT2D eigenvalue weighted by molar-refractivity contribution is 0.610. The van der Waals surface area contributed by atoms with Gasteiger partial charge in [-0.15, -0.1) is 0 Å². The monoisotopic (exact) mass is 270 g/mol. The van der Waals surface area contributed by atoms with Gasteiger partial charge in [-0.2, -0.15) is 10.2 Å². The maximum Gasteiger partial charge on any atom is 0.134 e. The molecule has 20 heavy (non-hydrogen) atoms. The summed E-state index contributed by atoms with van der Waals surface area (Å²) in [6, 6.07) is 1.96. The summed E-state index contributed by atoms with van der Waals surface area (Å²) < 4.78 is 0. The third kappa shape index (κ3) is 2.49. The van der Waals surface area contributed by atoms with Gasteiger partial charge in [0.2, 0.25) is 0 Å². The largest absolute Gasteiger partial charge is 0.383 e. The predicted octanol–water partition coefficient (Wildman–Crippen LogP) is 2.28. The number of aromatic nitrogens is 5. The van der Waals surface area contributed by atoms with Gasteiger partial charge in [-0.25, -0.2) is 0 Å². The molecule has 0 aliphatic carbocycles. The molecule has 0 aromatic carbocycles. The Morgan fingerprint density at radius 3 is 2.90 bits per heavy atom. The van der Waals surface area contributed by atoms with Crippen LogP contribution in [0.5, 0.6) is 0 Å². The van der Waals surface area contributed by atoms with Gasteiger partial charge in [0, 0.05) is 25.1 Å². The van der Waals surface area contributed by atoms with E-state index < -0.39 is 0 Å². The number of nitrogens with zero attached hydrogens (tertiary/aromatic N) is 3. The Kier molecular flexibility index (Phi) is 3.37. The Bertz CT molecular complexity index is 698. The van der Waals surface area contributed by atoms with Gasteiger partial charge >= 0.3 is 0 Å². The average Bonchev–Trinajstić information content (AvgIpc) is 3.06. The fourth-order valence-electron chi connectivity index (χ4n) is 2.32. The van der Waals surface area contributed by atoms with E-state index in [0.29, 0.717) is 5.92 Å². The number of nitrogens with one attached hydrogen (secondary N) is 3. The highest BCUT2D eigenvalue weighted by molar-refractivity contribution is 5.86. The lowest BCUT2D eigenvalue weighted by Crippen LogP contribution is -2.14. The molecule has 3 rings (SSSR count). The molecule has 0 bridgehead atoms. The van der Waals surface area contributed by atoms with Crippen LogP contribution in [-0.2, 0) is 6.42 Å². The molecular weight excluding hydrogens is 252 g/mol. The van der Waals surface area contributed by atoms with E-state index in [2.05, 4.69) is 37.6 Å². The number of aromatic amines is 2. The van der Waals surface area contributed by atoms with Crippen LogP contribution in [0.25, 0.3) is 11.0 Å². The number of rotatable bonds is 5. The van der Waals surface area contributed by atoms with Crippen molar-refractivity contribution in [1.29, 1.82) is 0 Å². The molecule has 0 amide bonds. The molecule has 0 fully saturated rings. The van der Waals surface area contributed by atoms with Crippen LogP contribution in [-0.4, -0.2) is 31.9 Å². The fourth-order valence-corrected chi connectivity index (χ4v) is 2.32. The van der Waals surface area contributed by atoms with Gasteiger partial charge in [0.25, 0.3) is 0 Å². The summed E-state index contributed by atoms with van der Waals surface area (Å²) in [5, 5.41) is 17.6. The van der Waals surface area contributed by atoms with Gasteiger partial charge in [-0.1, -0.05) is 6.92 Å². The van der Waals surface area contributed by atoms with Crippen molar-refractivity contribution in [2.45, 2.75) is 20.3 Å². The highest BCUT2D eigenvalue weighted by Crippen LogP contribution is 2.19. The van der Waals surface area contributed by atoms with Crippen LogP contribution in [0.3, 0.4) is 0 Å². The fraction of sp³-hybridized carbons (Fsp3) is 0.357. The minimum Gasteiger partial charge on any atom is -0.383 e. The lowest BCUT2D eigenvalue weighted by Gasteiger charge is -2.13. The number of hydrogen-bond acceptors (Lipinski definition) is 4. The van der Waals surface area contributed by atoms with Crippen LogP contribution in [0.2, 0.25) is 0 Å². The Balaban J connectivity index is 1.64. The van der Waals surface area contributed by atoms with Crippen molar-refractivity contribution in [2.24, 2.45) is 5.92 Å². The van der Waals surface area contributed by atoms with Crippen molar-refractivity contribution >= 4 is 16.7 Å². The van der Waals surface area contributed by atoms with Gasteiger partial charge in [0.15, 0.2) is 0 Å². The maximum absolute atomic E-state index is 4.26. The molecule has 3 N–H and O–H groups in total. The molecule has 3 aromatic heterocycles. The molecule has 3 aromatic rings. The van der Waals surface area contributed by atoms with Gasteiger partial charge in [-0.05, 0) is 30.9 Å². The third-order valence-corrected chi connectivity index (χ3v) is 3.48. The SMILES string of the molecule is Cc1n[nH]cc1C[C@H](C)CNc1ccnc2c[nH]nc12. The van der Waals surface area contributed by atoms with Crippen LogP contribution in [0.15, 0.2) is 24.7 Å². The van der Waals surface area contributed by atoms with Crippen molar-refractivity contribution < 1.29 is 0 Å². The standard InChI is InChI=1S/C14H18N6/c1-9(5-11-7-17-19-10(11)2)6-16-12-3-4-15-13-8-18-20-14(12)13/h3-4,7-9H,5-6H2,1-2H3,(H,15,16)(H,17,19)(H,18,20)/t9-/m0/s1. The van der Waals surface area contributed by atoms with Crippen molar-refractivity contribution in [3.63, 3.8) is 0 Å². The van der Waals surface area contributed by atoms with Gasteiger partial charge < -0.3 is 5.32 Å². The average molecular weight is 270 g/mol. The predicted molar refractivity (Wildman–Crippen MR) is 78.6 cm³/mol. The van der Waals surface area contributed by atoms with Crippen LogP contribution in [0, 0.1) is 12.8 Å². The van der Waals surface area contributed by atoms with E-state index in [0.717, 1.165) is 35.4 Å². The first-order valence-electron chi connectivity index (χ1n) is 6.75. The molecular formula is C14H18N6. The minimum atomic E-state index is 0.508. The molecule has 6 nitrogen and oxygen atoms in total. The summed E-state index contributed by atoms with van der Waals surface area (Å²) in [5.41, 5.74) is 5.15. The summed E-state index contributed by atoms with van der Waals surface area (Å²) in [4.78, 5) is 4.26. The maximum atomic E-state index is 4.26. The molecule has 0 aliphatic rings. The van der Waals surface area contributed by atoms with Crippen molar-refractivity contribution in [2.75, 3.05) is 11.9 Å². The molecule has 0 aliphatic heterocycles. The molecule has 6 heteroatoms. The van der Waals surface area contributed by atoms with E-state index in [1.165, 1.54) is 5.56 Å². The molecule has 0 unspecified atom stereocenters. The molecule has 0 saturated heterocycles. The van der Waals surface area contributed by atoms with E-state index in [4.69, 9.17) is 0 Å². The van der Waals surface area contributed by atoms with Crippen molar-refractivity contribution in [1.82, 2.24) is 25.4 Å². The van der Waals surface area contributed by atoms with Crippen LogP contribution >= 0.6 is 0 Å². The van der Waals surface area contributed by atoms with Gasteiger partial charge in [0.1, 0.15) is 11.0 Å². The zero-order chi connectivity index (χ0) is 13.9. The third-order valence-electron chi connectivity index (χ3n) is 3.48. The van der Waals surface area contributed by atoms with Crippen LogP contribution in [0.1, 0.15) is 18.2 Å². The lowest BCUT2D eigenvalue weighted by atomic mass is 10.0. The Labute approximate surface area is 117 Å². The second-order valence-corrected chi connectivity index (χ2v) is 5.16. The van der Waals surface area contributed by atoms with E-state index in [1.807, 2.05) is 19.2 Å². The van der Waals surface area contributed by atoms with Crippen LogP contribution in [0.4, 0.5) is 5.69 Å². The highest BCUT2D eigenvalue weighted by atomic mass is 15.1. The molecule has 0 saturated carbocycles. The van der Waals surface area contributed by atoms with Gasteiger partial charge in [0.05, 0.1) is 11.4 Å². The van der Waals surface area contributed by atoms with E-state index in [9.17, 15) is 0 Å². The number of aryl methyl sites for hydroxylation is 1. The number of hydrogen-bond donors (Lipinski definition) is 3. The van der Waals surface area contributed by atoms with E-state index in [-0.39, 0.29) is 0 Å². The molecule has 0 radical (unpaired) electrons. The molecule has 0 spiro atoms. The van der Waals surface area contributed by atoms with Gasteiger partial charge in [-0.3, -0.25) is 15.2 Å². The first-order chi connectivity index (χ1) is 9.74. The Morgan fingerprint density at radius 1 is 1.25 bits per heavy atom. The molecule has 104 valence electrons. The van der Waals surface area contributed by atoms with E-state index in [1.54, 1.807) is 12.4 Å². The minimum absolute atomic E-state index is 0.508. The summed E-state index contributed by atoms with van der Waals surface area (Å²) in [7, 11) is 0. The summed E-state index contributed by atoms with van der Waals surface area (Å²) in [6.45, 7) is 5.14. The zero-order valence-electron chi connectivity index (χ0n) is 11.6. The Hall–Kier alpha value is -2.37. The molecule has 3 heterocycles. The van der Waals surface area contributed by atoms with E-state index >= 15 is 0 Å². The molecule has 1 atom stereocenters. The number of pyridine rings is 1. The highest BCUT2D eigenvalue weighted by Gasteiger charge is 2.09. The Morgan fingerprint density at radius 2 is 2.10 bits per heavy atom. The second-order valence-electron chi connectivity index (χ2n) is 5.16.